The molecule has 1 aromatic rings. The van der Waals surface area contributed by atoms with Crippen molar-refractivity contribution in [1.82, 2.24) is 5.32 Å². The molecule has 0 saturated heterocycles. The lowest BCUT2D eigenvalue weighted by Crippen LogP contribution is -2.36. The number of hydrogen-bond acceptors (Lipinski definition) is 3. The fraction of sp³-hybridized carbons (Fsp3) is 0.625. The van der Waals surface area contributed by atoms with Crippen LogP contribution in [0.2, 0.25) is 0 Å². The Bertz CT molecular complexity index is 358. The normalized spacial score (nSPS) is 11.6. The van der Waals surface area contributed by atoms with Gasteiger partial charge in [-0.05, 0) is 57.9 Å². The van der Waals surface area contributed by atoms with Crippen molar-refractivity contribution in [2.24, 2.45) is 0 Å². The molecule has 0 aromatic heterocycles. The number of nitrogens with one attached hydrogen (secondary N) is 1. The van der Waals surface area contributed by atoms with Crippen LogP contribution in [0.1, 0.15) is 39.2 Å². The zero-order valence-corrected chi connectivity index (χ0v) is 12.7. The van der Waals surface area contributed by atoms with Gasteiger partial charge in [-0.2, -0.15) is 0 Å². The molecule has 0 spiro atoms. The van der Waals surface area contributed by atoms with E-state index < -0.39 is 0 Å². The highest BCUT2D eigenvalue weighted by Crippen LogP contribution is 2.14. The highest BCUT2D eigenvalue weighted by atomic mass is 16.5. The summed E-state index contributed by atoms with van der Waals surface area (Å²) < 4.78 is 10.9. The van der Waals surface area contributed by atoms with E-state index in [4.69, 9.17) is 9.47 Å². The molecule has 1 N–H and O–H groups in total. The first-order valence-electron chi connectivity index (χ1n) is 6.97. The molecule has 3 heteroatoms. The van der Waals surface area contributed by atoms with E-state index in [1.54, 1.807) is 7.11 Å². The minimum Gasteiger partial charge on any atom is -0.494 e. The highest BCUT2D eigenvalue weighted by Gasteiger charge is 2.06. The average molecular weight is 265 g/mol. The van der Waals surface area contributed by atoms with E-state index >= 15 is 0 Å². The maximum Gasteiger partial charge on any atom is 0.119 e. The summed E-state index contributed by atoms with van der Waals surface area (Å²) in [5.74, 6) is 0.929. The van der Waals surface area contributed by atoms with Crippen molar-refractivity contribution < 1.29 is 9.47 Å². The molecule has 0 saturated carbocycles. The SMILES string of the molecule is COCc1cccc(OCCCCNC(C)(C)C)c1. The molecule has 0 heterocycles. The summed E-state index contributed by atoms with van der Waals surface area (Å²) in [5, 5.41) is 3.47. The van der Waals surface area contributed by atoms with E-state index in [0.717, 1.165) is 37.3 Å². The lowest BCUT2D eigenvalue weighted by Gasteiger charge is -2.20. The Morgan fingerprint density at radius 1 is 1.16 bits per heavy atom. The third-order valence-corrected chi connectivity index (χ3v) is 2.70. The van der Waals surface area contributed by atoms with E-state index in [2.05, 4.69) is 26.1 Å². The van der Waals surface area contributed by atoms with E-state index in [0.29, 0.717) is 6.61 Å². The topological polar surface area (TPSA) is 30.5 Å². The first kappa shape index (κ1) is 16.0. The molecule has 0 atom stereocenters. The molecule has 19 heavy (non-hydrogen) atoms. The van der Waals surface area contributed by atoms with Crippen LogP contribution in [0.15, 0.2) is 24.3 Å². The van der Waals surface area contributed by atoms with Gasteiger partial charge < -0.3 is 14.8 Å². The summed E-state index contributed by atoms with van der Waals surface area (Å²) in [4.78, 5) is 0. The van der Waals surface area contributed by atoms with Gasteiger partial charge in [0.2, 0.25) is 0 Å². The maximum atomic E-state index is 5.74. The predicted octanol–water partition coefficient (Wildman–Crippen LogP) is 3.38. The van der Waals surface area contributed by atoms with Gasteiger partial charge in [-0.3, -0.25) is 0 Å². The molecule has 1 rings (SSSR count). The van der Waals surface area contributed by atoms with Gasteiger partial charge in [-0.15, -0.1) is 0 Å². The van der Waals surface area contributed by atoms with Gasteiger partial charge in [0.05, 0.1) is 13.2 Å². The highest BCUT2D eigenvalue weighted by molar-refractivity contribution is 5.28. The zero-order valence-electron chi connectivity index (χ0n) is 12.7. The Morgan fingerprint density at radius 2 is 1.95 bits per heavy atom. The van der Waals surface area contributed by atoms with E-state index in [1.807, 2.05) is 24.3 Å². The van der Waals surface area contributed by atoms with E-state index in [-0.39, 0.29) is 5.54 Å². The molecule has 0 radical (unpaired) electrons. The monoisotopic (exact) mass is 265 g/mol. The van der Waals surface area contributed by atoms with Crippen LogP contribution in [-0.2, 0) is 11.3 Å². The minimum atomic E-state index is 0.204. The summed E-state index contributed by atoms with van der Waals surface area (Å²) in [6.45, 7) is 8.99. The maximum absolute atomic E-state index is 5.74. The second kappa shape index (κ2) is 8.18. The molecule has 0 aliphatic heterocycles. The molecule has 0 bridgehead atoms. The number of benzene rings is 1. The van der Waals surface area contributed by atoms with Crippen LogP contribution in [0.3, 0.4) is 0 Å². The number of methoxy groups -OCH3 is 1. The predicted molar refractivity (Wildman–Crippen MR) is 79.6 cm³/mol. The van der Waals surface area contributed by atoms with Crippen molar-refractivity contribution in [3.05, 3.63) is 29.8 Å². The van der Waals surface area contributed by atoms with Crippen LogP contribution in [0, 0.1) is 0 Å². The molecule has 0 unspecified atom stereocenters. The van der Waals surface area contributed by atoms with Crippen molar-refractivity contribution >= 4 is 0 Å². The molecule has 0 aliphatic rings. The second-order valence-corrected chi connectivity index (χ2v) is 5.81. The Balaban J connectivity index is 2.17. The summed E-state index contributed by atoms with van der Waals surface area (Å²) >= 11 is 0. The third kappa shape index (κ3) is 7.85. The minimum absolute atomic E-state index is 0.204. The van der Waals surface area contributed by atoms with Crippen LogP contribution in [0.25, 0.3) is 0 Å². The van der Waals surface area contributed by atoms with Crippen LogP contribution >= 0.6 is 0 Å². The van der Waals surface area contributed by atoms with Crippen LogP contribution in [0.5, 0.6) is 5.75 Å². The van der Waals surface area contributed by atoms with Gasteiger partial charge in [0, 0.05) is 12.6 Å². The first-order valence-corrected chi connectivity index (χ1v) is 6.97. The fourth-order valence-electron chi connectivity index (χ4n) is 1.77. The largest absolute Gasteiger partial charge is 0.494 e. The van der Waals surface area contributed by atoms with Gasteiger partial charge in [0.15, 0.2) is 0 Å². The van der Waals surface area contributed by atoms with E-state index in [1.165, 1.54) is 0 Å². The Morgan fingerprint density at radius 3 is 2.63 bits per heavy atom. The standard InChI is InChI=1S/C16H27NO2/c1-16(2,3)17-10-5-6-11-19-15-9-7-8-14(12-15)13-18-4/h7-9,12,17H,5-6,10-11,13H2,1-4H3. The molecule has 108 valence electrons. The summed E-state index contributed by atoms with van der Waals surface area (Å²) in [7, 11) is 1.70. The van der Waals surface area contributed by atoms with Crippen molar-refractivity contribution in [2.75, 3.05) is 20.3 Å². The molecule has 1 aromatic carbocycles. The second-order valence-electron chi connectivity index (χ2n) is 5.81. The van der Waals surface area contributed by atoms with Crippen LogP contribution in [0.4, 0.5) is 0 Å². The smallest absolute Gasteiger partial charge is 0.119 e. The Labute approximate surface area is 117 Å². The van der Waals surface area contributed by atoms with Crippen molar-refractivity contribution in [2.45, 2.75) is 45.8 Å². The number of unbranched alkanes of at least 4 members (excludes halogenated alkanes) is 1. The number of ether oxygens (including phenoxy) is 2. The number of rotatable bonds is 8. The van der Waals surface area contributed by atoms with Crippen molar-refractivity contribution in [1.29, 1.82) is 0 Å². The van der Waals surface area contributed by atoms with Gasteiger partial charge in [0.1, 0.15) is 5.75 Å². The summed E-state index contributed by atoms with van der Waals surface area (Å²) in [6.07, 6.45) is 2.20. The van der Waals surface area contributed by atoms with Gasteiger partial charge >= 0.3 is 0 Å². The Hall–Kier alpha value is -1.06. The quantitative estimate of drug-likeness (QED) is 0.731. The average Bonchev–Trinajstić information content (AvgIpc) is 2.33. The fourth-order valence-corrected chi connectivity index (χ4v) is 1.77. The van der Waals surface area contributed by atoms with Crippen LogP contribution in [-0.4, -0.2) is 25.8 Å². The van der Waals surface area contributed by atoms with Gasteiger partial charge in [0.25, 0.3) is 0 Å². The Kier molecular flexibility index (Phi) is 6.89. The molecular formula is C16H27NO2. The molecule has 3 nitrogen and oxygen atoms in total. The lowest BCUT2D eigenvalue weighted by molar-refractivity contribution is 0.184. The van der Waals surface area contributed by atoms with Crippen LogP contribution < -0.4 is 10.1 Å². The zero-order chi connectivity index (χ0) is 14.1. The number of hydrogen-bond donors (Lipinski definition) is 1. The molecular weight excluding hydrogens is 238 g/mol. The lowest BCUT2D eigenvalue weighted by atomic mass is 10.1. The van der Waals surface area contributed by atoms with E-state index in [9.17, 15) is 0 Å². The first-order chi connectivity index (χ1) is 9.01. The third-order valence-electron chi connectivity index (χ3n) is 2.70. The summed E-state index contributed by atoms with van der Waals surface area (Å²) in [5.41, 5.74) is 1.35. The molecule has 0 aliphatic carbocycles. The van der Waals surface area contributed by atoms with Crippen molar-refractivity contribution in [3.63, 3.8) is 0 Å². The summed E-state index contributed by atoms with van der Waals surface area (Å²) in [6, 6.07) is 8.08. The van der Waals surface area contributed by atoms with Gasteiger partial charge in [-0.25, -0.2) is 0 Å². The van der Waals surface area contributed by atoms with Gasteiger partial charge in [-0.1, -0.05) is 12.1 Å². The van der Waals surface area contributed by atoms with Crippen molar-refractivity contribution in [3.8, 4) is 5.75 Å². The molecule has 0 fully saturated rings. The molecule has 0 amide bonds.